The molecule has 17 heavy (non-hydrogen) atoms. The third-order valence-corrected chi connectivity index (χ3v) is 2.11. The summed E-state index contributed by atoms with van der Waals surface area (Å²) >= 11 is 0. The maximum atomic E-state index is 11.1. The van der Waals surface area contributed by atoms with Crippen molar-refractivity contribution in [3.63, 3.8) is 0 Å². The molecule has 1 rings (SSSR count). The Morgan fingerprint density at radius 1 is 1.35 bits per heavy atom. The van der Waals surface area contributed by atoms with Crippen LogP contribution in [0.5, 0.6) is 0 Å². The van der Waals surface area contributed by atoms with E-state index in [4.69, 9.17) is 4.74 Å². The number of hydrogen-bond acceptors (Lipinski definition) is 3. The van der Waals surface area contributed by atoms with E-state index in [1.165, 1.54) is 0 Å². The highest BCUT2D eigenvalue weighted by Gasteiger charge is 2.06. The highest BCUT2D eigenvalue weighted by Crippen LogP contribution is 2.09. The van der Waals surface area contributed by atoms with Crippen molar-refractivity contribution in [2.45, 2.75) is 20.0 Å². The molecule has 1 aromatic rings. The molecule has 90 valence electrons. The summed E-state index contributed by atoms with van der Waals surface area (Å²) in [4.78, 5) is 11.1. The Morgan fingerprint density at radius 2 is 2.00 bits per heavy atom. The second-order valence-corrected chi connectivity index (χ2v) is 3.90. The largest absolute Gasteiger partial charge is 0.452 e. The molecule has 0 unspecified atom stereocenters. The van der Waals surface area contributed by atoms with Crippen LogP contribution in [-0.4, -0.2) is 17.7 Å². The summed E-state index contributed by atoms with van der Waals surface area (Å²) in [5.74, 6) is 4.81. The van der Waals surface area contributed by atoms with Gasteiger partial charge in [0, 0.05) is 0 Å². The van der Waals surface area contributed by atoms with Gasteiger partial charge in [-0.2, -0.15) is 0 Å². The standard InChI is InChI=1S/C14H16O3/c1-11(2)14(16)17-10-6-9-13(15)12-7-4-3-5-8-12/h3-5,7-8,11,13,15H,10H2,1-2H3/t13-/m1/s1. The van der Waals surface area contributed by atoms with Crippen LogP contribution < -0.4 is 0 Å². The minimum absolute atomic E-state index is 0.0148. The summed E-state index contributed by atoms with van der Waals surface area (Å²) in [5.41, 5.74) is 0.732. The average Bonchev–Trinajstić information content (AvgIpc) is 2.35. The van der Waals surface area contributed by atoms with Crippen molar-refractivity contribution >= 4 is 5.97 Å². The lowest BCUT2D eigenvalue weighted by Crippen LogP contribution is -2.11. The zero-order valence-corrected chi connectivity index (χ0v) is 10.0. The molecule has 0 radical (unpaired) electrons. The van der Waals surface area contributed by atoms with E-state index in [9.17, 15) is 9.90 Å². The van der Waals surface area contributed by atoms with Crippen LogP contribution in [0.4, 0.5) is 0 Å². The minimum Gasteiger partial charge on any atom is -0.452 e. The van der Waals surface area contributed by atoms with E-state index in [0.29, 0.717) is 0 Å². The lowest BCUT2D eigenvalue weighted by molar-refractivity contribution is -0.145. The first-order valence-electron chi connectivity index (χ1n) is 5.49. The number of benzene rings is 1. The van der Waals surface area contributed by atoms with E-state index in [1.54, 1.807) is 26.0 Å². The van der Waals surface area contributed by atoms with Gasteiger partial charge < -0.3 is 9.84 Å². The first kappa shape index (κ1) is 13.3. The molecule has 1 N–H and O–H groups in total. The Bertz CT molecular complexity index is 412. The Morgan fingerprint density at radius 3 is 2.59 bits per heavy atom. The van der Waals surface area contributed by atoms with Crippen molar-refractivity contribution < 1.29 is 14.6 Å². The van der Waals surface area contributed by atoms with Gasteiger partial charge in [0.2, 0.25) is 0 Å². The molecule has 0 aliphatic rings. The second-order valence-electron chi connectivity index (χ2n) is 3.90. The predicted molar refractivity (Wildman–Crippen MR) is 65.0 cm³/mol. The van der Waals surface area contributed by atoms with Crippen LogP contribution in [0.1, 0.15) is 25.5 Å². The molecule has 1 atom stereocenters. The molecule has 3 nitrogen and oxygen atoms in total. The van der Waals surface area contributed by atoms with Crippen molar-refractivity contribution in [3.8, 4) is 11.8 Å². The fourth-order valence-corrected chi connectivity index (χ4v) is 1.13. The number of rotatable bonds is 3. The third-order valence-electron chi connectivity index (χ3n) is 2.11. The molecule has 1 aromatic carbocycles. The van der Waals surface area contributed by atoms with Crippen molar-refractivity contribution in [3.05, 3.63) is 35.9 Å². The topological polar surface area (TPSA) is 46.5 Å². The maximum absolute atomic E-state index is 11.1. The number of carbonyl (C=O) groups excluding carboxylic acids is 1. The average molecular weight is 232 g/mol. The van der Waals surface area contributed by atoms with Crippen LogP contribution in [0.3, 0.4) is 0 Å². The van der Waals surface area contributed by atoms with Gasteiger partial charge in [0.15, 0.2) is 6.61 Å². The number of hydrogen-bond donors (Lipinski definition) is 1. The van der Waals surface area contributed by atoms with Gasteiger partial charge in [-0.15, -0.1) is 0 Å². The fourth-order valence-electron chi connectivity index (χ4n) is 1.13. The first-order valence-corrected chi connectivity index (χ1v) is 5.49. The predicted octanol–water partition coefficient (Wildman–Crippen LogP) is 1.92. The second kappa shape index (κ2) is 6.72. The molecule has 0 aliphatic heterocycles. The van der Waals surface area contributed by atoms with Crippen LogP contribution in [0.25, 0.3) is 0 Å². The van der Waals surface area contributed by atoms with Crippen molar-refractivity contribution in [2.75, 3.05) is 6.61 Å². The molecular weight excluding hydrogens is 216 g/mol. The van der Waals surface area contributed by atoms with E-state index in [-0.39, 0.29) is 18.5 Å². The maximum Gasteiger partial charge on any atom is 0.309 e. The molecule has 0 fully saturated rings. The minimum atomic E-state index is -0.839. The van der Waals surface area contributed by atoms with Crippen LogP contribution in [-0.2, 0) is 9.53 Å². The Labute approximate surface area is 101 Å². The third kappa shape index (κ3) is 4.71. The number of ether oxygens (including phenoxy) is 1. The molecule has 3 heteroatoms. The van der Waals surface area contributed by atoms with Gasteiger partial charge in [-0.3, -0.25) is 4.79 Å². The highest BCUT2D eigenvalue weighted by atomic mass is 16.5. The van der Waals surface area contributed by atoms with Crippen molar-refractivity contribution in [2.24, 2.45) is 5.92 Å². The Kier molecular flexibility index (Phi) is 5.25. The molecule has 0 saturated heterocycles. The van der Waals surface area contributed by atoms with Crippen LogP contribution in [0.2, 0.25) is 0 Å². The summed E-state index contributed by atoms with van der Waals surface area (Å²) in [6.45, 7) is 3.53. The lowest BCUT2D eigenvalue weighted by atomic mass is 10.1. The van der Waals surface area contributed by atoms with Gasteiger partial charge >= 0.3 is 5.97 Å². The first-order chi connectivity index (χ1) is 8.11. The number of aliphatic hydroxyl groups excluding tert-OH is 1. The summed E-state index contributed by atoms with van der Waals surface area (Å²) in [7, 11) is 0. The SMILES string of the molecule is CC(C)C(=O)OCC#C[C@@H](O)c1ccccc1. The van der Waals surface area contributed by atoms with Gasteiger partial charge in [-0.05, 0) is 5.56 Å². The molecule has 0 spiro atoms. The molecule has 0 heterocycles. The Balaban J connectivity index is 2.43. The van der Waals surface area contributed by atoms with Crippen molar-refractivity contribution in [1.29, 1.82) is 0 Å². The zero-order chi connectivity index (χ0) is 12.7. The molecule has 0 bridgehead atoms. The smallest absolute Gasteiger partial charge is 0.309 e. The lowest BCUT2D eigenvalue weighted by Gasteiger charge is -2.03. The van der Waals surface area contributed by atoms with E-state index >= 15 is 0 Å². The summed E-state index contributed by atoms with van der Waals surface area (Å²) in [5, 5.41) is 9.68. The summed E-state index contributed by atoms with van der Waals surface area (Å²) < 4.78 is 4.87. The zero-order valence-electron chi connectivity index (χ0n) is 10.0. The molecular formula is C14H16O3. The molecule has 0 saturated carbocycles. The monoisotopic (exact) mass is 232 g/mol. The molecule has 0 aromatic heterocycles. The number of aliphatic hydroxyl groups is 1. The highest BCUT2D eigenvalue weighted by molar-refractivity contribution is 5.71. The molecule has 0 aliphatic carbocycles. The van der Waals surface area contributed by atoms with Gasteiger partial charge in [0.25, 0.3) is 0 Å². The quantitative estimate of drug-likeness (QED) is 0.639. The number of esters is 1. The van der Waals surface area contributed by atoms with Crippen LogP contribution in [0.15, 0.2) is 30.3 Å². The van der Waals surface area contributed by atoms with E-state index in [1.807, 2.05) is 18.2 Å². The van der Waals surface area contributed by atoms with Crippen LogP contribution >= 0.6 is 0 Å². The van der Waals surface area contributed by atoms with Gasteiger partial charge in [0.05, 0.1) is 5.92 Å². The van der Waals surface area contributed by atoms with E-state index in [0.717, 1.165) is 5.56 Å². The van der Waals surface area contributed by atoms with E-state index in [2.05, 4.69) is 11.8 Å². The summed E-state index contributed by atoms with van der Waals surface area (Å²) in [6.07, 6.45) is -0.839. The Hall–Kier alpha value is -1.79. The van der Waals surface area contributed by atoms with Gasteiger partial charge in [-0.25, -0.2) is 0 Å². The van der Waals surface area contributed by atoms with Gasteiger partial charge in [-0.1, -0.05) is 56.0 Å². The van der Waals surface area contributed by atoms with Crippen molar-refractivity contribution in [1.82, 2.24) is 0 Å². The molecule has 0 amide bonds. The van der Waals surface area contributed by atoms with Crippen LogP contribution in [0, 0.1) is 17.8 Å². The van der Waals surface area contributed by atoms with Gasteiger partial charge in [0.1, 0.15) is 6.10 Å². The summed E-state index contributed by atoms with van der Waals surface area (Å²) in [6, 6.07) is 9.12. The fraction of sp³-hybridized carbons (Fsp3) is 0.357. The number of carbonyl (C=O) groups is 1. The van der Waals surface area contributed by atoms with E-state index < -0.39 is 6.10 Å². The normalized spacial score (nSPS) is 11.5.